The van der Waals surface area contributed by atoms with E-state index in [-0.39, 0.29) is 5.91 Å². The largest absolute Gasteiger partial charge is 0.496 e. The van der Waals surface area contributed by atoms with E-state index in [0.717, 1.165) is 61.3 Å². The molecule has 0 bridgehead atoms. The molecular weight excluding hydrogens is 504 g/mol. The van der Waals surface area contributed by atoms with Crippen LogP contribution in [0.15, 0.2) is 53.1 Å². The van der Waals surface area contributed by atoms with Gasteiger partial charge in [0.1, 0.15) is 23.1 Å². The summed E-state index contributed by atoms with van der Waals surface area (Å²) in [5.41, 5.74) is 7.23. The van der Waals surface area contributed by atoms with E-state index in [1.807, 2.05) is 24.3 Å². The lowest BCUT2D eigenvalue weighted by atomic mass is 9.95. The summed E-state index contributed by atoms with van der Waals surface area (Å²) in [5, 5.41) is 13.9. The van der Waals surface area contributed by atoms with Gasteiger partial charge in [0.15, 0.2) is 5.58 Å². The normalized spacial score (nSPS) is 15.6. The lowest BCUT2D eigenvalue weighted by molar-refractivity contribution is 0.0827. The molecule has 40 heavy (non-hydrogen) atoms. The molecule has 0 spiro atoms. The summed E-state index contributed by atoms with van der Waals surface area (Å²) in [6.45, 7) is 1.48. The smallest absolute Gasteiger partial charge is 0.253 e. The Hall–Kier alpha value is -4.35. The van der Waals surface area contributed by atoms with Gasteiger partial charge in [0.2, 0.25) is 0 Å². The quantitative estimate of drug-likeness (QED) is 0.300. The van der Waals surface area contributed by atoms with Gasteiger partial charge in [0.25, 0.3) is 5.91 Å². The fourth-order valence-corrected chi connectivity index (χ4v) is 5.42. The first kappa shape index (κ1) is 25.9. The highest BCUT2D eigenvalue weighted by atomic mass is 16.5. The molecule has 1 saturated heterocycles. The fourth-order valence-electron chi connectivity index (χ4n) is 5.42. The monoisotopic (exact) mass is 536 g/mol. The van der Waals surface area contributed by atoms with Crippen LogP contribution in [0.3, 0.4) is 0 Å². The Morgan fingerprint density at radius 1 is 1.07 bits per heavy atom. The Kier molecular flexibility index (Phi) is 6.91. The maximum absolute atomic E-state index is 12.5. The van der Waals surface area contributed by atoms with E-state index in [9.17, 15) is 10.1 Å². The molecular formula is C32H32N4O4. The van der Waals surface area contributed by atoms with E-state index < -0.39 is 0 Å². The third-order valence-electron chi connectivity index (χ3n) is 7.72. The number of hydrogen-bond acceptors (Lipinski definition) is 7. The van der Waals surface area contributed by atoms with Crippen LogP contribution >= 0.6 is 0 Å². The van der Waals surface area contributed by atoms with Gasteiger partial charge < -0.3 is 24.1 Å². The number of benzene rings is 2. The molecule has 3 heterocycles. The van der Waals surface area contributed by atoms with Crippen molar-refractivity contribution >= 4 is 22.7 Å². The van der Waals surface area contributed by atoms with Crippen LogP contribution in [-0.4, -0.2) is 56.3 Å². The number of fused-ring (bicyclic) bond motifs is 1. The molecule has 4 aromatic rings. The third kappa shape index (κ3) is 4.89. The molecule has 204 valence electrons. The van der Waals surface area contributed by atoms with Crippen LogP contribution in [-0.2, 0) is 4.74 Å². The van der Waals surface area contributed by atoms with E-state index in [2.05, 4.69) is 22.4 Å². The molecule has 2 aliphatic rings. The number of anilines is 1. The van der Waals surface area contributed by atoms with E-state index in [1.165, 1.54) is 10.5 Å². The van der Waals surface area contributed by atoms with Crippen molar-refractivity contribution in [2.75, 3.05) is 39.7 Å². The first-order chi connectivity index (χ1) is 19.5. The number of furan rings is 1. The van der Waals surface area contributed by atoms with Crippen LogP contribution in [0.2, 0.25) is 0 Å². The summed E-state index contributed by atoms with van der Waals surface area (Å²) in [7, 11) is 5.01. The predicted molar refractivity (Wildman–Crippen MR) is 154 cm³/mol. The Morgan fingerprint density at radius 2 is 1.88 bits per heavy atom. The topological polar surface area (TPSA) is 101 Å². The van der Waals surface area contributed by atoms with Crippen LogP contribution in [0.5, 0.6) is 5.75 Å². The molecule has 1 saturated carbocycles. The van der Waals surface area contributed by atoms with Crippen molar-refractivity contribution in [1.82, 2.24) is 9.88 Å². The Morgan fingerprint density at radius 3 is 2.58 bits per heavy atom. The second kappa shape index (κ2) is 10.7. The molecule has 8 nitrogen and oxygen atoms in total. The number of amides is 1. The van der Waals surface area contributed by atoms with E-state index in [1.54, 1.807) is 39.5 Å². The highest BCUT2D eigenvalue weighted by Gasteiger charge is 2.30. The van der Waals surface area contributed by atoms with Crippen molar-refractivity contribution < 1.29 is 18.7 Å². The highest BCUT2D eigenvalue weighted by molar-refractivity contribution is 5.96. The minimum Gasteiger partial charge on any atom is -0.496 e. The third-order valence-corrected chi connectivity index (χ3v) is 7.72. The number of carbonyl (C=O) groups is 1. The molecule has 0 atom stereocenters. The zero-order valence-corrected chi connectivity index (χ0v) is 23.0. The molecule has 1 aliphatic carbocycles. The van der Waals surface area contributed by atoms with Gasteiger partial charge in [0.05, 0.1) is 23.9 Å². The van der Waals surface area contributed by atoms with Crippen LogP contribution in [0.25, 0.3) is 33.6 Å². The van der Waals surface area contributed by atoms with Crippen molar-refractivity contribution in [1.29, 1.82) is 5.26 Å². The van der Waals surface area contributed by atoms with E-state index >= 15 is 0 Å². The standard InChI is InChI=1S/C32H32N4O4/c1-36(2)32(37)20-6-7-25(28(16-20)38-3)29-17-27-31(40-29)24(8-11-34-27)21-14-22(18-33)30(26(15-21)19-4-5-19)35-23-9-12-39-13-10-23/h6-8,11,14-17,19,23,35H,4-5,9-10,12-13H2,1-3H3. The summed E-state index contributed by atoms with van der Waals surface area (Å²) in [5.74, 6) is 1.48. The first-order valence-electron chi connectivity index (χ1n) is 13.7. The number of nitrogens with one attached hydrogen (secondary N) is 1. The minimum atomic E-state index is -0.104. The van der Waals surface area contributed by atoms with Gasteiger partial charge in [0, 0.05) is 56.7 Å². The SMILES string of the molecule is COc1cc(C(=O)N(C)C)ccc1-c1cc2nccc(-c3cc(C#N)c(NC4CCOCC4)c(C4CC4)c3)c2o1. The maximum Gasteiger partial charge on any atom is 0.253 e. The fraction of sp³-hybridized carbons (Fsp3) is 0.344. The second-order valence-corrected chi connectivity index (χ2v) is 10.7. The Balaban J connectivity index is 1.42. The summed E-state index contributed by atoms with van der Waals surface area (Å²) >= 11 is 0. The van der Waals surface area contributed by atoms with Gasteiger partial charge >= 0.3 is 0 Å². The van der Waals surface area contributed by atoms with Crippen LogP contribution in [0.4, 0.5) is 5.69 Å². The average molecular weight is 537 g/mol. The number of nitrogens with zero attached hydrogens (tertiary/aromatic N) is 3. The van der Waals surface area contributed by atoms with Crippen molar-refractivity contribution in [3.05, 3.63) is 65.4 Å². The molecule has 1 N–H and O–H groups in total. The van der Waals surface area contributed by atoms with Crippen molar-refractivity contribution in [2.45, 2.75) is 37.6 Å². The summed E-state index contributed by atoms with van der Waals surface area (Å²) in [6.07, 6.45) is 5.89. The lowest BCUT2D eigenvalue weighted by Crippen LogP contribution is -2.28. The molecule has 2 fully saturated rings. The lowest BCUT2D eigenvalue weighted by Gasteiger charge is -2.26. The van der Waals surface area contributed by atoms with Gasteiger partial charge in [-0.1, -0.05) is 0 Å². The Labute approximate surface area is 233 Å². The predicted octanol–water partition coefficient (Wildman–Crippen LogP) is 6.21. The number of rotatable bonds is 7. The van der Waals surface area contributed by atoms with Crippen LogP contribution in [0, 0.1) is 11.3 Å². The first-order valence-corrected chi connectivity index (χ1v) is 13.7. The Bertz CT molecular complexity index is 1620. The zero-order valence-electron chi connectivity index (χ0n) is 23.0. The van der Waals surface area contributed by atoms with E-state index in [4.69, 9.17) is 13.9 Å². The molecule has 2 aromatic heterocycles. The van der Waals surface area contributed by atoms with Crippen LogP contribution in [0.1, 0.15) is 53.1 Å². The van der Waals surface area contributed by atoms with Gasteiger partial charge in [-0.25, -0.2) is 0 Å². The van der Waals surface area contributed by atoms with Crippen LogP contribution < -0.4 is 10.1 Å². The van der Waals surface area contributed by atoms with Gasteiger partial charge in [-0.15, -0.1) is 0 Å². The van der Waals surface area contributed by atoms with Crippen molar-refractivity contribution in [3.8, 4) is 34.3 Å². The molecule has 0 radical (unpaired) electrons. The molecule has 1 amide bonds. The van der Waals surface area contributed by atoms with Crippen molar-refractivity contribution in [3.63, 3.8) is 0 Å². The number of nitriles is 1. The molecule has 2 aromatic carbocycles. The molecule has 8 heteroatoms. The van der Waals surface area contributed by atoms with E-state index in [0.29, 0.717) is 45.7 Å². The number of aromatic nitrogens is 1. The molecule has 0 unspecified atom stereocenters. The summed E-state index contributed by atoms with van der Waals surface area (Å²) in [6, 6.07) is 16.1. The number of pyridine rings is 1. The number of ether oxygens (including phenoxy) is 2. The van der Waals surface area contributed by atoms with Gasteiger partial charge in [-0.2, -0.15) is 5.26 Å². The number of methoxy groups -OCH3 is 1. The number of carbonyl (C=O) groups excluding carboxylic acids is 1. The summed E-state index contributed by atoms with van der Waals surface area (Å²) in [4.78, 5) is 18.6. The number of hydrogen-bond donors (Lipinski definition) is 1. The van der Waals surface area contributed by atoms with Gasteiger partial charge in [-0.3, -0.25) is 9.78 Å². The molecule has 1 aliphatic heterocycles. The second-order valence-electron chi connectivity index (χ2n) is 10.7. The zero-order chi connectivity index (χ0) is 27.8. The van der Waals surface area contributed by atoms with Gasteiger partial charge in [-0.05, 0) is 79.1 Å². The maximum atomic E-state index is 12.5. The van der Waals surface area contributed by atoms with Crippen molar-refractivity contribution in [2.24, 2.45) is 0 Å². The molecule has 6 rings (SSSR count). The average Bonchev–Trinajstić information content (AvgIpc) is 3.74. The highest BCUT2D eigenvalue weighted by Crippen LogP contribution is 2.47. The summed E-state index contributed by atoms with van der Waals surface area (Å²) < 4.78 is 17.6. The minimum absolute atomic E-state index is 0.104.